The standard InChI is InChI=1S/C25H31FN4O2/c1-16-22(13-23(31)27-14-18-8-10-21(26)11-9-18)17(2)29-24(28-16)20-7-4-12-30(15-20)25(32)19-5-3-6-19/h8-11,19-20H,3-7,12-15H2,1-2H3,(H,27,31)/t20-/m0/s1. The van der Waals surface area contributed by atoms with Crippen LogP contribution >= 0.6 is 0 Å². The first-order chi connectivity index (χ1) is 15.4. The molecule has 2 amide bonds. The molecule has 1 aliphatic carbocycles. The van der Waals surface area contributed by atoms with Gasteiger partial charge in [0, 0.05) is 48.4 Å². The summed E-state index contributed by atoms with van der Waals surface area (Å²) in [5.74, 6) is 1.02. The Kier molecular flexibility index (Phi) is 6.82. The van der Waals surface area contributed by atoms with Gasteiger partial charge in [-0.25, -0.2) is 14.4 Å². The maximum Gasteiger partial charge on any atom is 0.225 e. The molecule has 1 aromatic carbocycles. The second-order valence-corrected chi connectivity index (χ2v) is 9.06. The second-order valence-electron chi connectivity index (χ2n) is 9.06. The van der Waals surface area contributed by atoms with Gasteiger partial charge >= 0.3 is 0 Å². The molecule has 2 fully saturated rings. The van der Waals surface area contributed by atoms with Gasteiger partial charge in [-0.05, 0) is 57.2 Å². The third-order valence-corrected chi connectivity index (χ3v) is 6.73. The van der Waals surface area contributed by atoms with Crippen LogP contribution < -0.4 is 5.32 Å². The molecule has 2 aromatic rings. The fourth-order valence-corrected chi connectivity index (χ4v) is 4.53. The molecule has 6 nitrogen and oxygen atoms in total. The minimum atomic E-state index is -0.294. The lowest BCUT2D eigenvalue weighted by Crippen LogP contribution is -2.44. The van der Waals surface area contributed by atoms with Crippen LogP contribution in [0.25, 0.3) is 0 Å². The number of rotatable bonds is 6. The number of amides is 2. The lowest BCUT2D eigenvalue weighted by atomic mass is 9.83. The zero-order valence-corrected chi connectivity index (χ0v) is 18.9. The van der Waals surface area contributed by atoms with Crippen LogP contribution in [-0.4, -0.2) is 39.8 Å². The number of nitrogens with zero attached hydrogens (tertiary/aromatic N) is 3. The second kappa shape index (κ2) is 9.76. The number of benzene rings is 1. The molecule has 7 heteroatoms. The smallest absolute Gasteiger partial charge is 0.225 e. The lowest BCUT2D eigenvalue weighted by Gasteiger charge is -2.37. The molecule has 2 heterocycles. The van der Waals surface area contributed by atoms with Gasteiger partial charge in [0.2, 0.25) is 11.8 Å². The Bertz CT molecular complexity index is 965. The van der Waals surface area contributed by atoms with Crippen molar-refractivity contribution in [2.24, 2.45) is 5.92 Å². The first-order valence-corrected chi connectivity index (χ1v) is 11.5. The van der Waals surface area contributed by atoms with E-state index in [4.69, 9.17) is 9.97 Å². The summed E-state index contributed by atoms with van der Waals surface area (Å²) in [6, 6.07) is 6.09. The quantitative estimate of drug-likeness (QED) is 0.748. The van der Waals surface area contributed by atoms with Gasteiger partial charge in [0.05, 0.1) is 6.42 Å². The highest BCUT2D eigenvalue weighted by Gasteiger charge is 2.33. The van der Waals surface area contributed by atoms with Crippen LogP contribution in [0.3, 0.4) is 0 Å². The van der Waals surface area contributed by atoms with E-state index in [0.717, 1.165) is 67.0 Å². The van der Waals surface area contributed by atoms with Gasteiger partial charge in [-0.2, -0.15) is 0 Å². The molecule has 170 valence electrons. The highest BCUT2D eigenvalue weighted by atomic mass is 19.1. The van der Waals surface area contributed by atoms with Crippen molar-refractivity contribution >= 4 is 11.8 Å². The molecule has 1 saturated heterocycles. The predicted molar refractivity (Wildman–Crippen MR) is 119 cm³/mol. The van der Waals surface area contributed by atoms with E-state index in [1.54, 1.807) is 12.1 Å². The number of piperidine rings is 1. The van der Waals surface area contributed by atoms with Crippen LogP contribution in [0.4, 0.5) is 4.39 Å². The Morgan fingerprint density at radius 3 is 2.38 bits per heavy atom. The van der Waals surface area contributed by atoms with E-state index >= 15 is 0 Å². The largest absolute Gasteiger partial charge is 0.352 e. The van der Waals surface area contributed by atoms with Gasteiger partial charge in [0.15, 0.2) is 0 Å². The zero-order chi connectivity index (χ0) is 22.7. The van der Waals surface area contributed by atoms with E-state index in [1.807, 2.05) is 18.7 Å². The van der Waals surface area contributed by atoms with Crippen LogP contribution in [-0.2, 0) is 22.6 Å². The third kappa shape index (κ3) is 5.14. The topological polar surface area (TPSA) is 75.2 Å². The van der Waals surface area contributed by atoms with E-state index in [2.05, 4.69) is 5.32 Å². The third-order valence-electron chi connectivity index (χ3n) is 6.73. The summed E-state index contributed by atoms with van der Waals surface area (Å²) in [4.78, 5) is 36.6. The average Bonchev–Trinajstić information content (AvgIpc) is 2.74. The minimum absolute atomic E-state index is 0.119. The van der Waals surface area contributed by atoms with Crippen molar-refractivity contribution in [3.05, 3.63) is 58.4 Å². The molecule has 1 atom stereocenters. The molecular weight excluding hydrogens is 407 g/mol. The first kappa shape index (κ1) is 22.4. The minimum Gasteiger partial charge on any atom is -0.352 e. The molecule has 0 bridgehead atoms. The van der Waals surface area contributed by atoms with Crippen LogP contribution in [0.1, 0.15) is 66.4 Å². The first-order valence-electron chi connectivity index (χ1n) is 11.5. The molecule has 0 spiro atoms. The maximum absolute atomic E-state index is 13.0. The summed E-state index contributed by atoms with van der Waals surface area (Å²) in [6.07, 6.45) is 5.35. The predicted octanol–water partition coefficient (Wildman–Crippen LogP) is 3.60. The van der Waals surface area contributed by atoms with Gasteiger partial charge in [-0.1, -0.05) is 18.6 Å². The van der Waals surface area contributed by atoms with Crippen molar-refractivity contribution in [3.8, 4) is 0 Å². The summed E-state index contributed by atoms with van der Waals surface area (Å²) in [5, 5.41) is 2.88. The fourth-order valence-electron chi connectivity index (χ4n) is 4.53. The molecule has 0 unspecified atom stereocenters. The van der Waals surface area contributed by atoms with Crippen molar-refractivity contribution in [1.82, 2.24) is 20.2 Å². The molecule has 1 aromatic heterocycles. The van der Waals surface area contributed by atoms with Gasteiger partial charge in [0.25, 0.3) is 0 Å². The Morgan fingerprint density at radius 1 is 1.06 bits per heavy atom. The number of aromatic nitrogens is 2. The van der Waals surface area contributed by atoms with Crippen molar-refractivity contribution in [3.63, 3.8) is 0 Å². The molecule has 32 heavy (non-hydrogen) atoms. The maximum atomic E-state index is 13.0. The molecule has 1 aliphatic heterocycles. The summed E-state index contributed by atoms with van der Waals surface area (Å²) in [6.45, 7) is 5.70. The monoisotopic (exact) mass is 438 g/mol. The summed E-state index contributed by atoms with van der Waals surface area (Å²) < 4.78 is 13.0. The highest BCUT2D eigenvalue weighted by Crippen LogP contribution is 2.32. The van der Waals surface area contributed by atoms with E-state index in [9.17, 15) is 14.0 Å². The normalized spacial score (nSPS) is 18.8. The fraction of sp³-hybridized carbons (Fsp3) is 0.520. The Hall–Kier alpha value is -2.83. The van der Waals surface area contributed by atoms with Crippen molar-refractivity contribution in [2.75, 3.05) is 13.1 Å². The Morgan fingerprint density at radius 2 is 1.75 bits per heavy atom. The summed E-state index contributed by atoms with van der Waals surface area (Å²) >= 11 is 0. The van der Waals surface area contributed by atoms with Gasteiger partial charge in [-0.15, -0.1) is 0 Å². The lowest BCUT2D eigenvalue weighted by molar-refractivity contribution is -0.139. The van der Waals surface area contributed by atoms with Crippen molar-refractivity contribution in [2.45, 2.75) is 64.8 Å². The van der Waals surface area contributed by atoms with Crippen LogP contribution in [0, 0.1) is 25.6 Å². The zero-order valence-electron chi connectivity index (χ0n) is 18.9. The van der Waals surface area contributed by atoms with E-state index in [-0.39, 0.29) is 30.0 Å². The molecular formula is C25H31FN4O2. The Balaban J connectivity index is 1.38. The van der Waals surface area contributed by atoms with Gasteiger partial charge in [0.1, 0.15) is 11.6 Å². The average molecular weight is 439 g/mol. The van der Waals surface area contributed by atoms with Crippen molar-refractivity contribution < 1.29 is 14.0 Å². The van der Waals surface area contributed by atoms with Crippen LogP contribution in [0.5, 0.6) is 0 Å². The number of likely N-dealkylation sites (tertiary alicyclic amines) is 1. The Labute approximate surface area is 188 Å². The SMILES string of the molecule is Cc1nc([C@H]2CCCN(C(=O)C3CCC3)C2)nc(C)c1CC(=O)NCc1ccc(F)cc1. The van der Waals surface area contributed by atoms with Crippen LogP contribution in [0.2, 0.25) is 0 Å². The molecule has 2 aliphatic rings. The summed E-state index contributed by atoms with van der Waals surface area (Å²) in [7, 11) is 0. The molecule has 1 N–H and O–H groups in total. The van der Waals surface area contributed by atoms with E-state index in [0.29, 0.717) is 19.0 Å². The number of hydrogen-bond acceptors (Lipinski definition) is 4. The summed E-state index contributed by atoms with van der Waals surface area (Å²) in [5.41, 5.74) is 3.31. The number of aryl methyl sites for hydroxylation is 2. The number of nitrogens with one attached hydrogen (secondary N) is 1. The molecule has 4 rings (SSSR count). The van der Waals surface area contributed by atoms with Gasteiger partial charge in [-0.3, -0.25) is 9.59 Å². The number of halogens is 1. The number of carbonyl (C=O) groups is 2. The van der Waals surface area contributed by atoms with Gasteiger partial charge < -0.3 is 10.2 Å². The highest BCUT2D eigenvalue weighted by molar-refractivity contribution is 5.80. The number of hydrogen-bond donors (Lipinski definition) is 1. The van der Waals surface area contributed by atoms with E-state index in [1.165, 1.54) is 12.1 Å². The van der Waals surface area contributed by atoms with Crippen molar-refractivity contribution in [1.29, 1.82) is 0 Å². The molecule has 1 saturated carbocycles. The van der Waals surface area contributed by atoms with E-state index < -0.39 is 0 Å². The molecule has 0 radical (unpaired) electrons. The number of carbonyl (C=O) groups excluding carboxylic acids is 2. The van der Waals surface area contributed by atoms with Crippen LogP contribution in [0.15, 0.2) is 24.3 Å².